The molecule has 20 aromatic rings. The van der Waals surface area contributed by atoms with E-state index in [1.54, 1.807) is 70.3 Å². The molecule has 135 heavy (non-hydrogen) atoms. The van der Waals surface area contributed by atoms with E-state index < -0.39 is 34.3 Å². The van der Waals surface area contributed by atoms with Gasteiger partial charge in [0.2, 0.25) is 0 Å². The molecule has 20 rings (SSSR count). The van der Waals surface area contributed by atoms with E-state index in [0.717, 1.165) is 140 Å². The number of pyridine rings is 8. The Balaban J connectivity index is 0.000000190. The van der Waals surface area contributed by atoms with Gasteiger partial charge in [-0.1, -0.05) is 209 Å². The first kappa shape index (κ1) is 84.4. The first-order valence-electron chi connectivity index (χ1n) is 49.9. The number of benzene rings is 12. The zero-order valence-electron chi connectivity index (χ0n) is 89.7. The van der Waals surface area contributed by atoms with E-state index in [9.17, 15) is 0 Å². The van der Waals surface area contributed by atoms with Crippen LogP contribution in [0.2, 0.25) is 0 Å². The Morgan fingerprint density at radius 2 is 0.393 bits per heavy atom. The molecular weight excluding hydrogens is 2360 g/mol. The molecule has 0 fully saturated rings. The number of aryl methyl sites for hydroxylation is 11. The second-order valence-electron chi connectivity index (χ2n) is 30.1. The van der Waals surface area contributed by atoms with Crippen LogP contribution in [0, 0.1) is 124 Å². The summed E-state index contributed by atoms with van der Waals surface area (Å²) < 4.78 is 111. The average molecular weight is 2480 g/mol. The van der Waals surface area contributed by atoms with E-state index in [4.69, 9.17) is 20.6 Å². The second kappa shape index (κ2) is 55.2. The Morgan fingerprint density at radius 3 is 0.622 bits per heavy atom. The van der Waals surface area contributed by atoms with Crippen molar-refractivity contribution in [2.75, 3.05) is 0 Å². The molecule has 0 aliphatic rings. The van der Waals surface area contributed by atoms with Crippen LogP contribution in [0.15, 0.2) is 420 Å². The maximum atomic E-state index is 7.39. The van der Waals surface area contributed by atoms with Gasteiger partial charge >= 0.3 is 0 Å². The van der Waals surface area contributed by atoms with Crippen molar-refractivity contribution in [1.82, 2.24) is 39.9 Å². The van der Waals surface area contributed by atoms with Gasteiger partial charge in [-0.3, -0.25) is 0 Å². The molecule has 4 radical (unpaired) electrons. The Labute approximate surface area is 873 Å². The third-order valence-electron chi connectivity index (χ3n) is 20.5. The van der Waals surface area contributed by atoms with Crippen LogP contribution in [0.3, 0.4) is 0 Å². The number of nitrogens with zero attached hydrogens (tertiary/aromatic N) is 8. The Morgan fingerprint density at radius 1 is 0.170 bits per heavy atom. The topological polar surface area (TPSA) is 103 Å². The predicted molar refractivity (Wildman–Crippen MR) is 542 cm³/mol. The number of hydrogen-bond acceptors (Lipinski definition) is 8. The van der Waals surface area contributed by atoms with E-state index in [0.29, 0.717) is 27.8 Å². The molecule has 12 aromatic carbocycles. The minimum Gasteiger partial charge on any atom is -0.304 e. The molecule has 0 unspecified atom stereocenters. The average Bonchev–Trinajstić information content (AvgIpc) is 0.807. The molecule has 8 nitrogen and oxygen atoms in total. The summed E-state index contributed by atoms with van der Waals surface area (Å²) in [7, 11) is 0. The van der Waals surface area contributed by atoms with Crippen LogP contribution < -0.4 is 0 Å². The SMILES string of the molecule is Cc1ccc(-c2ccc(-c3[c-]cccc3)nc2)cc1.Cc1ccccc1-c1ccc(-c2[c-]cccc2)nc1.[2H]C([2H])([2H])c1ccc(-c2ccc(-c3[c-]cccc3)nc2)cc1.[2H]C([2H])([2H])c1cnc(-c2[c-]cccc2)cc1C.[2H]C([2H])([2H])c1cnc(-c2[c-]cccc2)cc1C.[2H]C([2H])([2H])c1cnc(-c2[c-]cccc2)cc1C.[2H]C([2H])([2H])c1cnc(-c2[c-]cccc2)cc1C.[Ir].[Ir].[Ir].[Ir].[c-]1ccccc1-c1ccc(-c2ccccc2)cn1. The molecule has 8 heterocycles. The summed E-state index contributed by atoms with van der Waals surface area (Å²) >= 11 is 0. The van der Waals surface area contributed by atoms with Crippen molar-refractivity contribution in [3.63, 3.8) is 0 Å². The molecule has 0 atom stereocenters. The van der Waals surface area contributed by atoms with Crippen LogP contribution >= 0.6 is 0 Å². The van der Waals surface area contributed by atoms with Crippen molar-refractivity contribution < 1.29 is 101 Å². The Hall–Kier alpha value is -13.6. The van der Waals surface area contributed by atoms with Gasteiger partial charge in [-0.05, 0) is 194 Å². The number of hydrogen-bond donors (Lipinski definition) is 0. The summed E-state index contributed by atoms with van der Waals surface area (Å²) in [6, 6.07) is 144. The smallest absolute Gasteiger partial charge is 0.0280 e. The van der Waals surface area contributed by atoms with E-state index in [1.807, 2.05) is 273 Å². The quantitative estimate of drug-likeness (QED) is 0.111. The Kier molecular flexibility index (Phi) is 34.5. The predicted octanol–water partition coefficient (Wildman–Crippen LogP) is 30.4. The van der Waals surface area contributed by atoms with Gasteiger partial charge in [0, 0.05) is 151 Å². The van der Waals surface area contributed by atoms with E-state index in [1.165, 1.54) is 52.6 Å². The van der Waals surface area contributed by atoms with E-state index >= 15 is 0 Å². The molecular formula is C123H102Ir4N8-8. The first-order valence-corrected chi connectivity index (χ1v) is 42.4. The van der Waals surface area contributed by atoms with Crippen LogP contribution in [-0.4, -0.2) is 39.9 Å². The van der Waals surface area contributed by atoms with Gasteiger partial charge in [0.1, 0.15) is 0 Å². The molecule has 0 spiro atoms. The normalized spacial score (nSPS) is 12.1. The maximum Gasteiger partial charge on any atom is 0.0280 e. The van der Waals surface area contributed by atoms with Gasteiger partial charge in [-0.2, -0.15) is 0 Å². The molecule has 0 bridgehead atoms. The third kappa shape index (κ3) is 32.1. The van der Waals surface area contributed by atoms with Crippen molar-refractivity contribution in [1.29, 1.82) is 0 Å². The summed E-state index contributed by atoms with van der Waals surface area (Å²) in [6.45, 7) is 0.893. The first-order chi connectivity index (χ1) is 70.1. The molecule has 12 heteroatoms. The zero-order valence-corrected chi connectivity index (χ0v) is 84.3. The van der Waals surface area contributed by atoms with Crippen molar-refractivity contribution in [2.24, 2.45) is 0 Å². The molecule has 0 amide bonds. The molecule has 0 aliphatic carbocycles. The largest absolute Gasteiger partial charge is 0.304 e. The summed E-state index contributed by atoms with van der Waals surface area (Å²) in [5, 5.41) is 0. The van der Waals surface area contributed by atoms with Crippen molar-refractivity contribution in [2.45, 2.75) is 75.8 Å². The summed E-state index contributed by atoms with van der Waals surface area (Å²) in [5.41, 5.74) is 30.2. The van der Waals surface area contributed by atoms with Gasteiger partial charge in [-0.15, -0.1) is 287 Å². The molecule has 0 saturated carbocycles. The van der Waals surface area contributed by atoms with Gasteiger partial charge in [-0.25, -0.2) is 0 Å². The summed E-state index contributed by atoms with van der Waals surface area (Å²) in [6.07, 6.45) is 13.3. The second-order valence-corrected chi connectivity index (χ2v) is 30.1. The maximum absolute atomic E-state index is 7.39. The van der Waals surface area contributed by atoms with E-state index in [-0.39, 0.29) is 80.4 Å². The summed E-state index contributed by atoms with van der Waals surface area (Å²) in [5.74, 6) is 0. The van der Waals surface area contributed by atoms with Gasteiger partial charge in [0.05, 0.1) is 0 Å². The third-order valence-corrected chi connectivity index (χ3v) is 20.5. The summed E-state index contributed by atoms with van der Waals surface area (Å²) in [4.78, 5) is 34.7. The molecule has 0 saturated heterocycles. The van der Waals surface area contributed by atoms with Crippen molar-refractivity contribution in [3.05, 3.63) is 529 Å². The monoisotopic (exact) mass is 2480 g/mol. The zero-order chi connectivity index (χ0) is 104. The van der Waals surface area contributed by atoms with Gasteiger partial charge < -0.3 is 39.9 Å². The van der Waals surface area contributed by atoms with Gasteiger partial charge in [0.25, 0.3) is 0 Å². The van der Waals surface area contributed by atoms with Crippen LogP contribution in [0.5, 0.6) is 0 Å². The minimum absolute atomic E-state index is 0. The minimum atomic E-state index is -2.10. The van der Waals surface area contributed by atoms with Crippen LogP contribution in [-0.2, 0) is 80.4 Å². The van der Waals surface area contributed by atoms with Gasteiger partial charge in [0.15, 0.2) is 0 Å². The van der Waals surface area contributed by atoms with Crippen LogP contribution in [0.1, 0.15) is 81.8 Å². The van der Waals surface area contributed by atoms with Crippen molar-refractivity contribution in [3.8, 4) is 135 Å². The fourth-order valence-corrected chi connectivity index (χ4v) is 13.1. The number of aromatic nitrogens is 8. The fourth-order valence-electron chi connectivity index (χ4n) is 13.1. The van der Waals surface area contributed by atoms with Crippen molar-refractivity contribution >= 4 is 0 Å². The van der Waals surface area contributed by atoms with Crippen LogP contribution in [0.25, 0.3) is 135 Å². The van der Waals surface area contributed by atoms with E-state index in [2.05, 4.69) is 181 Å². The molecule has 0 N–H and O–H groups in total. The standard InChI is InChI=1S/3C18H14N.C17H12N.4C13H12N.4Ir/c1-14-7-5-6-10-17(14)16-11-12-18(19-13-16)15-8-3-2-4-9-15;2*1-14-7-9-15(10-8-14)17-11-12-18(19-13-17)16-5-3-2-4-6-16;1-3-7-14(8-4-1)16-11-12-17(18-13-16)15-9-5-2-6-10-15;4*1-10-8-13(14-9-11(10)2)12-6-4-3-5-7-12;;;;/h2-8,10-13H,1H3;2*2-5,7-13H,1H3;1-9,11-13H;4*3-6,8-9H,1-2H3;;;;/q8*-1;;;;/i;1D3;;;4*2D3;;;;. The molecule has 0 aliphatic heterocycles. The number of rotatable bonds is 12. The molecule has 8 aromatic heterocycles. The van der Waals surface area contributed by atoms with Crippen LogP contribution in [0.4, 0.5) is 0 Å². The molecule has 678 valence electrons. The Bertz CT molecular complexity index is 7020. The fraction of sp³-hybridized carbons (Fsp3) is 0.0894.